The van der Waals surface area contributed by atoms with Crippen LogP contribution < -0.4 is 10.6 Å². The zero-order valence-corrected chi connectivity index (χ0v) is 10.6. The topological polar surface area (TPSA) is 54.0 Å². The fourth-order valence-electron chi connectivity index (χ4n) is 1.57. The van der Waals surface area contributed by atoms with E-state index in [2.05, 4.69) is 4.98 Å². The number of urea groups is 1. The van der Waals surface area contributed by atoms with Crippen LogP contribution in [0.15, 0.2) is 24.4 Å². The summed E-state index contributed by atoms with van der Waals surface area (Å²) in [5.41, 5.74) is -4.32. The molecule has 0 saturated heterocycles. The average Bonchev–Trinajstić information content (AvgIpc) is 2.34. The number of nitrogens with one attached hydrogen (secondary N) is 2. The molecule has 0 aliphatic rings. The van der Waals surface area contributed by atoms with Crippen LogP contribution in [0.1, 0.15) is 13.3 Å². The maximum absolute atomic E-state index is 12.8. The monoisotopic (exact) mass is 315 g/mol. The highest BCUT2D eigenvalue weighted by molar-refractivity contribution is 5.88. The first-order chi connectivity index (χ1) is 9.53. The molecule has 1 rings (SSSR count). The molecule has 1 aromatic rings. The second-order valence-corrected chi connectivity index (χ2v) is 4.05. The molecular formula is C11H11F6N3O. The van der Waals surface area contributed by atoms with Crippen molar-refractivity contribution in [3.05, 3.63) is 24.4 Å². The number of halogens is 6. The molecule has 0 fully saturated rings. The predicted molar refractivity (Wildman–Crippen MR) is 61.5 cm³/mol. The molecule has 0 aliphatic heterocycles. The van der Waals surface area contributed by atoms with E-state index in [1.165, 1.54) is 24.4 Å². The predicted octanol–water partition coefficient (Wildman–Crippen LogP) is 3.48. The first-order valence-corrected chi connectivity index (χ1v) is 5.67. The Balaban J connectivity index is 3.00. The van der Waals surface area contributed by atoms with Crippen molar-refractivity contribution >= 4 is 11.8 Å². The van der Waals surface area contributed by atoms with Crippen LogP contribution in [0, 0.1) is 0 Å². The molecule has 0 aromatic carbocycles. The fourth-order valence-corrected chi connectivity index (χ4v) is 1.57. The highest BCUT2D eigenvalue weighted by Crippen LogP contribution is 2.45. The standard InChI is InChI=1S/C11H11F6N3O/c1-2-9(10(12,13)14,11(15,16)17)20-8(21)19-7-5-3-4-6-18-7/h3-6H,2H2,1H3,(H2,18,19,20,21). The molecule has 1 heterocycles. The Morgan fingerprint density at radius 3 is 2.10 bits per heavy atom. The Labute approximate surface area is 115 Å². The molecule has 0 saturated carbocycles. The van der Waals surface area contributed by atoms with E-state index in [9.17, 15) is 31.1 Å². The van der Waals surface area contributed by atoms with Crippen molar-refractivity contribution in [2.24, 2.45) is 0 Å². The summed E-state index contributed by atoms with van der Waals surface area (Å²) >= 11 is 0. The van der Waals surface area contributed by atoms with Gasteiger partial charge in [-0.25, -0.2) is 9.78 Å². The van der Waals surface area contributed by atoms with E-state index in [0.29, 0.717) is 6.92 Å². The smallest absolute Gasteiger partial charge is 0.316 e. The summed E-state index contributed by atoms with van der Waals surface area (Å²) in [5, 5.41) is 2.78. The van der Waals surface area contributed by atoms with Crippen molar-refractivity contribution in [2.45, 2.75) is 31.2 Å². The van der Waals surface area contributed by atoms with Gasteiger partial charge in [0.05, 0.1) is 0 Å². The minimum Gasteiger partial charge on any atom is -0.316 e. The Kier molecular flexibility index (Phi) is 4.69. The van der Waals surface area contributed by atoms with Crippen molar-refractivity contribution in [1.82, 2.24) is 10.3 Å². The van der Waals surface area contributed by atoms with Crippen LogP contribution in [0.4, 0.5) is 37.0 Å². The summed E-state index contributed by atoms with van der Waals surface area (Å²) < 4.78 is 76.8. The number of amides is 2. The first-order valence-electron chi connectivity index (χ1n) is 5.67. The molecular weight excluding hydrogens is 304 g/mol. The largest absolute Gasteiger partial charge is 0.420 e. The summed E-state index contributed by atoms with van der Waals surface area (Å²) in [4.78, 5) is 15.0. The number of carbonyl (C=O) groups excluding carboxylic acids is 1. The van der Waals surface area contributed by atoms with Crippen LogP contribution in [0.25, 0.3) is 0 Å². The zero-order chi connectivity index (χ0) is 16.3. The van der Waals surface area contributed by atoms with E-state index < -0.39 is 30.3 Å². The number of nitrogens with zero attached hydrogens (tertiary/aromatic N) is 1. The second kappa shape index (κ2) is 5.78. The van der Waals surface area contributed by atoms with Crippen molar-refractivity contribution < 1.29 is 31.1 Å². The maximum atomic E-state index is 12.8. The van der Waals surface area contributed by atoms with Gasteiger partial charge in [-0.15, -0.1) is 0 Å². The SMILES string of the molecule is CCC(NC(=O)Nc1ccccn1)(C(F)(F)F)C(F)(F)F. The maximum Gasteiger partial charge on any atom is 0.420 e. The van der Waals surface area contributed by atoms with E-state index in [1.807, 2.05) is 5.32 Å². The molecule has 4 nitrogen and oxygen atoms in total. The third-order valence-corrected chi connectivity index (χ3v) is 2.73. The minimum atomic E-state index is -5.69. The molecule has 0 unspecified atom stereocenters. The summed E-state index contributed by atoms with van der Waals surface area (Å²) in [6, 6.07) is 2.44. The van der Waals surface area contributed by atoms with Gasteiger partial charge in [0.1, 0.15) is 5.82 Å². The van der Waals surface area contributed by atoms with E-state index >= 15 is 0 Å². The lowest BCUT2D eigenvalue weighted by molar-refractivity contribution is -0.304. The molecule has 2 N–H and O–H groups in total. The van der Waals surface area contributed by atoms with Crippen LogP contribution in [0.2, 0.25) is 0 Å². The van der Waals surface area contributed by atoms with Gasteiger partial charge in [0.2, 0.25) is 5.54 Å². The number of aromatic nitrogens is 1. The summed E-state index contributed by atoms with van der Waals surface area (Å²) in [6.45, 7) is 0.683. The van der Waals surface area contributed by atoms with E-state index in [0.717, 1.165) is 5.32 Å². The van der Waals surface area contributed by atoms with Crippen LogP contribution in [0.3, 0.4) is 0 Å². The van der Waals surface area contributed by atoms with Gasteiger partial charge >= 0.3 is 18.4 Å². The van der Waals surface area contributed by atoms with Gasteiger partial charge in [-0.1, -0.05) is 13.0 Å². The van der Waals surface area contributed by atoms with Crippen molar-refractivity contribution in [2.75, 3.05) is 5.32 Å². The van der Waals surface area contributed by atoms with Crippen LogP contribution in [-0.4, -0.2) is 28.9 Å². The Bertz CT molecular complexity index is 471. The van der Waals surface area contributed by atoms with E-state index in [1.54, 1.807) is 0 Å². The van der Waals surface area contributed by atoms with Crippen LogP contribution in [-0.2, 0) is 0 Å². The molecule has 1 aromatic heterocycles. The lowest BCUT2D eigenvalue weighted by Crippen LogP contribution is -2.67. The fraction of sp³-hybridized carbons (Fsp3) is 0.455. The normalized spacial score (nSPS) is 12.9. The summed E-state index contributed by atoms with van der Waals surface area (Å²) in [7, 11) is 0. The van der Waals surface area contributed by atoms with Gasteiger partial charge in [0.15, 0.2) is 0 Å². The lowest BCUT2D eigenvalue weighted by Gasteiger charge is -2.36. The molecule has 0 spiro atoms. The number of alkyl halides is 6. The minimum absolute atomic E-state index is 0.177. The third kappa shape index (κ3) is 3.56. The number of pyridine rings is 1. The first kappa shape index (κ1) is 17.1. The van der Waals surface area contributed by atoms with Crippen LogP contribution >= 0.6 is 0 Å². The molecule has 0 bridgehead atoms. The van der Waals surface area contributed by atoms with Gasteiger partial charge in [-0.05, 0) is 18.6 Å². The summed E-state index contributed by atoms with van der Waals surface area (Å²) in [6.07, 6.45) is -11.6. The quantitative estimate of drug-likeness (QED) is 0.839. The van der Waals surface area contributed by atoms with Gasteiger partial charge in [0, 0.05) is 6.20 Å². The molecule has 0 aliphatic carbocycles. The molecule has 0 radical (unpaired) electrons. The third-order valence-electron chi connectivity index (χ3n) is 2.73. The average molecular weight is 315 g/mol. The van der Waals surface area contributed by atoms with Crippen molar-refractivity contribution in [1.29, 1.82) is 0 Å². The Hall–Kier alpha value is -2.00. The molecule has 0 atom stereocenters. The van der Waals surface area contributed by atoms with E-state index in [4.69, 9.17) is 0 Å². The zero-order valence-electron chi connectivity index (χ0n) is 10.6. The number of rotatable bonds is 3. The van der Waals surface area contributed by atoms with Gasteiger partial charge in [0.25, 0.3) is 0 Å². The van der Waals surface area contributed by atoms with Gasteiger partial charge in [-0.3, -0.25) is 5.32 Å². The Morgan fingerprint density at radius 2 is 1.71 bits per heavy atom. The van der Waals surface area contributed by atoms with Gasteiger partial charge in [-0.2, -0.15) is 26.3 Å². The molecule has 21 heavy (non-hydrogen) atoms. The number of carbonyl (C=O) groups is 1. The number of anilines is 1. The second-order valence-electron chi connectivity index (χ2n) is 4.05. The summed E-state index contributed by atoms with van der Waals surface area (Å²) in [5.74, 6) is -0.177. The highest BCUT2D eigenvalue weighted by Gasteiger charge is 2.70. The van der Waals surface area contributed by atoms with E-state index in [-0.39, 0.29) is 5.82 Å². The van der Waals surface area contributed by atoms with Crippen LogP contribution in [0.5, 0.6) is 0 Å². The molecule has 2 amide bonds. The molecule has 10 heteroatoms. The molecule has 118 valence electrons. The lowest BCUT2D eigenvalue weighted by atomic mass is 9.94. The van der Waals surface area contributed by atoms with Gasteiger partial charge < -0.3 is 5.32 Å². The number of hydrogen-bond acceptors (Lipinski definition) is 2. The van der Waals surface area contributed by atoms with Crippen molar-refractivity contribution in [3.63, 3.8) is 0 Å². The Morgan fingerprint density at radius 1 is 1.14 bits per heavy atom. The number of hydrogen-bond donors (Lipinski definition) is 2. The van der Waals surface area contributed by atoms with Crippen molar-refractivity contribution in [3.8, 4) is 0 Å². The highest BCUT2D eigenvalue weighted by atomic mass is 19.4.